The van der Waals surface area contributed by atoms with Crippen LogP contribution in [0.5, 0.6) is 0 Å². The Kier molecular flexibility index (Phi) is 15.5. The highest BCUT2D eigenvalue weighted by Gasteiger charge is 1.97. The highest BCUT2D eigenvalue weighted by atomic mass is 35.5. The smallest absolute Gasteiger partial charge is 0.404 e. The van der Waals surface area contributed by atoms with Gasteiger partial charge in [0, 0.05) is 26.2 Å². The summed E-state index contributed by atoms with van der Waals surface area (Å²) < 4.78 is 20.4. The number of amides is 2. The van der Waals surface area contributed by atoms with Gasteiger partial charge in [-0.1, -0.05) is 0 Å². The van der Waals surface area contributed by atoms with Crippen LogP contribution in [-0.4, -0.2) is 70.7 Å². The van der Waals surface area contributed by atoms with E-state index in [4.69, 9.17) is 31.5 Å². The number of halogens is 1. The summed E-state index contributed by atoms with van der Waals surface area (Å²) >= 11 is 5.33. The number of carbonyl (C=O) groups is 2. The summed E-state index contributed by atoms with van der Waals surface area (Å²) in [6, 6.07) is 0. The van der Waals surface area contributed by atoms with Gasteiger partial charge in [-0.25, -0.2) is 4.79 Å². The molecule has 0 unspecified atom stereocenters. The summed E-state index contributed by atoms with van der Waals surface area (Å²) in [6.07, 6.45) is 0.565. The van der Waals surface area contributed by atoms with Crippen molar-refractivity contribution in [2.45, 2.75) is 12.8 Å². The molecule has 22 heavy (non-hydrogen) atoms. The Balaban J connectivity index is 3.02. The molecule has 3 N–H and O–H groups in total. The molecule has 0 spiro atoms. The number of nitrogens with one attached hydrogen (secondary N) is 1. The molecule has 0 heterocycles. The van der Waals surface area contributed by atoms with Crippen LogP contribution in [-0.2, 0) is 23.7 Å². The highest BCUT2D eigenvalue weighted by Crippen LogP contribution is 1.87. The molecule has 0 bridgehead atoms. The zero-order valence-corrected chi connectivity index (χ0v) is 13.4. The third-order valence-electron chi connectivity index (χ3n) is 2.33. The average Bonchev–Trinajstić information content (AvgIpc) is 2.50. The predicted molar refractivity (Wildman–Crippen MR) is 81.0 cm³/mol. The van der Waals surface area contributed by atoms with E-state index < -0.39 is 6.09 Å². The second kappa shape index (κ2) is 16.3. The molecule has 0 fully saturated rings. The van der Waals surface area contributed by atoms with E-state index in [9.17, 15) is 9.59 Å². The van der Waals surface area contributed by atoms with E-state index in [-0.39, 0.29) is 18.4 Å². The zero-order valence-electron chi connectivity index (χ0n) is 12.7. The van der Waals surface area contributed by atoms with Crippen molar-refractivity contribution in [3.05, 3.63) is 0 Å². The van der Waals surface area contributed by atoms with Crippen LogP contribution in [0.15, 0.2) is 0 Å². The topological polar surface area (TPSA) is 109 Å². The minimum Gasteiger partial charge on any atom is -0.450 e. The Labute approximate surface area is 135 Å². The van der Waals surface area contributed by atoms with Crippen molar-refractivity contribution in [3.8, 4) is 0 Å². The molecule has 0 aromatic carbocycles. The first kappa shape index (κ1) is 20.9. The van der Waals surface area contributed by atoms with Crippen LogP contribution in [0.1, 0.15) is 12.8 Å². The molecule has 0 saturated heterocycles. The summed E-state index contributed by atoms with van der Waals surface area (Å²) in [5, 5.41) is 2.65. The second-order valence-corrected chi connectivity index (χ2v) is 4.46. The SMILES string of the molecule is NC(=O)OCCCOCCOCCOCCCNC(=O)CCl. The molecule has 0 saturated carbocycles. The maximum absolute atomic E-state index is 10.8. The fourth-order valence-electron chi connectivity index (χ4n) is 1.32. The van der Waals surface area contributed by atoms with E-state index in [1.54, 1.807) is 0 Å². The number of nitrogens with two attached hydrogens (primary N) is 1. The van der Waals surface area contributed by atoms with Crippen molar-refractivity contribution >= 4 is 23.6 Å². The largest absolute Gasteiger partial charge is 0.450 e. The number of primary amides is 1. The molecule has 0 radical (unpaired) electrons. The minimum atomic E-state index is -0.773. The van der Waals surface area contributed by atoms with Gasteiger partial charge in [-0.05, 0) is 6.42 Å². The molecule has 0 atom stereocenters. The molecular formula is C13H25ClN2O6. The van der Waals surface area contributed by atoms with E-state index in [2.05, 4.69) is 10.1 Å². The van der Waals surface area contributed by atoms with Crippen molar-refractivity contribution in [1.29, 1.82) is 0 Å². The van der Waals surface area contributed by atoms with Gasteiger partial charge in [0.25, 0.3) is 0 Å². The summed E-state index contributed by atoms with van der Waals surface area (Å²) in [5.74, 6) is -0.194. The maximum atomic E-state index is 10.8. The number of hydrogen-bond donors (Lipinski definition) is 2. The van der Waals surface area contributed by atoms with Crippen LogP contribution in [0.25, 0.3) is 0 Å². The molecule has 0 aromatic heterocycles. The highest BCUT2D eigenvalue weighted by molar-refractivity contribution is 6.27. The van der Waals surface area contributed by atoms with Gasteiger partial charge in [0.2, 0.25) is 5.91 Å². The van der Waals surface area contributed by atoms with Gasteiger partial charge in [0.05, 0.1) is 33.0 Å². The molecule has 130 valence electrons. The van der Waals surface area contributed by atoms with Crippen LogP contribution >= 0.6 is 11.6 Å². The van der Waals surface area contributed by atoms with Gasteiger partial charge < -0.3 is 30.0 Å². The first-order valence-corrected chi connectivity index (χ1v) is 7.68. The Morgan fingerprint density at radius 2 is 1.41 bits per heavy atom. The maximum Gasteiger partial charge on any atom is 0.404 e. The summed E-state index contributed by atoms with van der Waals surface area (Å²) in [6.45, 7) is 3.80. The number of carbonyl (C=O) groups excluding carboxylic acids is 2. The standard InChI is InChI=1S/C13H25ClN2O6/c14-11-12(17)16-3-1-4-19-7-9-21-10-8-20-5-2-6-22-13(15)18/h1-11H2,(H2,15,18)(H,16,17). The van der Waals surface area contributed by atoms with Crippen molar-refractivity contribution < 1.29 is 28.5 Å². The van der Waals surface area contributed by atoms with Crippen LogP contribution < -0.4 is 11.1 Å². The molecular weight excluding hydrogens is 316 g/mol. The van der Waals surface area contributed by atoms with Crippen LogP contribution in [0, 0.1) is 0 Å². The Morgan fingerprint density at radius 1 is 0.864 bits per heavy atom. The van der Waals surface area contributed by atoms with E-state index >= 15 is 0 Å². The first-order valence-electron chi connectivity index (χ1n) is 7.15. The molecule has 2 amide bonds. The monoisotopic (exact) mass is 340 g/mol. The number of hydrogen-bond acceptors (Lipinski definition) is 6. The van der Waals surface area contributed by atoms with Gasteiger partial charge in [0.15, 0.2) is 0 Å². The van der Waals surface area contributed by atoms with Gasteiger partial charge >= 0.3 is 6.09 Å². The number of rotatable bonds is 15. The molecule has 0 rings (SSSR count). The van der Waals surface area contributed by atoms with E-state index in [0.29, 0.717) is 52.6 Å². The van der Waals surface area contributed by atoms with Gasteiger partial charge in [-0.2, -0.15) is 0 Å². The van der Waals surface area contributed by atoms with Gasteiger partial charge in [0.1, 0.15) is 5.88 Å². The van der Waals surface area contributed by atoms with Crippen molar-refractivity contribution in [2.75, 3.05) is 58.7 Å². The van der Waals surface area contributed by atoms with Gasteiger partial charge in [-0.3, -0.25) is 4.79 Å². The molecule has 0 aliphatic rings. The molecule has 9 heteroatoms. The zero-order chi connectivity index (χ0) is 16.5. The van der Waals surface area contributed by atoms with E-state index in [1.807, 2.05) is 0 Å². The lowest BCUT2D eigenvalue weighted by molar-refractivity contribution is -0.118. The third-order valence-corrected chi connectivity index (χ3v) is 2.57. The number of ether oxygens (including phenoxy) is 4. The lowest BCUT2D eigenvalue weighted by Gasteiger charge is -2.07. The lowest BCUT2D eigenvalue weighted by Crippen LogP contribution is -2.26. The molecule has 8 nitrogen and oxygen atoms in total. The Morgan fingerprint density at radius 3 is 1.95 bits per heavy atom. The van der Waals surface area contributed by atoms with E-state index in [1.165, 1.54) is 0 Å². The van der Waals surface area contributed by atoms with Crippen LogP contribution in [0.3, 0.4) is 0 Å². The summed E-state index contributed by atoms with van der Waals surface area (Å²) in [5.41, 5.74) is 4.80. The normalized spacial score (nSPS) is 10.4. The summed E-state index contributed by atoms with van der Waals surface area (Å²) in [7, 11) is 0. The second-order valence-electron chi connectivity index (χ2n) is 4.20. The quantitative estimate of drug-likeness (QED) is 0.327. The number of alkyl halides is 1. The average molecular weight is 341 g/mol. The van der Waals surface area contributed by atoms with Crippen molar-refractivity contribution in [3.63, 3.8) is 0 Å². The molecule has 0 aliphatic heterocycles. The molecule has 0 aliphatic carbocycles. The van der Waals surface area contributed by atoms with Gasteiger partial charge in [-0.15, -0.1) is 11.6 Å². The first-order chi connectivity index (χ1) is 10.7. The molecule has 0 aromatic rings. The summed E-state index contributed by atoms with van der Waals surface area (Å²) in [4.78, 5) is 21.1. The van der Waals surface area contributed by atoms with Crippen LogP contribution in [0.2, 0.25) is 0 Å². The van der Waals surface area contributed by atoms with Crippen molar-refractivity contribution in [1.82, 2.24) is 5.32 Å². The minimum absolute atomic E-state index is 0.0189. The van der Waals surface area contributed by atoms with E-state index in [0.717, 1.165) is 6.42 Å². The van der Waals surface area contributed by atoms with Crippen LogP contribution in [0.4, 0.5) is 4.79 Å². The Bertz CT molecular complexity index is 294. The fourth-order valence-corrected chi connectivity index (χ4v) is 1.42. The fraction of sp³-hybridized carbons (Fsp3) is 0.846. The lowest BCUT2D eigenvalue weighted by atomic mass is 10.4. The Hall–Kier alpha value is -1.09. The third kappa shape index (κ3) is 17.0. The predicted octanol–water partition coefficient (Wildman–Crippen LogP) is 0.267. The van der Waals surface area contributed by atoms with Crippen molar-refractivity contribution in [2.24, 2.45) is 5.73 Å².